The van der Waals surface area contributed by atoms with Crippen LogP contribution in [0, 0.1) is 5.82 Å². The molecule has 0 aliphatic rings. The number of halogens is 2. The first-order valence-electron chi connectivity index (χ1n) is 6.48. The fraction of sp³-hybridized carbons (Fsp3) is 0.357. The van der Waals surface area contributed by atoms with Crippen LogP contribution in [0.2, 0.25) is 5.02 Å². The van der Waals surface area contributed by atoms with Crippen LogP contribution in [0.5, 0.6) is 0 Å². The van der Waals surface area contributed by atoms with Crippen molar-refractivity contribution in [2.75, 3.05) is 0 Å². The molecule has 20 heavy (non-hydrogen) atoms. The molecule has 1 aromatic carbocycles. The van der Waals surface area contributed by atoms with Gasteiger partial charge in [-0.3, -0.25) is 16.0 Å². The van der Waals surface area contributed by atoms with Gasteiger partial charge in [-0.25, -0.2) is 4.39 Å². The van der Waals surface area contributed by atoms with Crippen molar-refractivity contribution in [2.45, 2.75) is 25.8 Å². The third-order valence-electron chi connectivity index (χ3n) is 3.37. The van der Waals surface area contributed by atoms with Crippen LogP contribution in [0.3, 0.4) is 0 Å². The number of rotatable bonds is 5. The van der Waals surface area contributed by atoms with Crippen LogP contribution in [0.1, 0.15) is 29.9 Å². The minimum atomic E-state index is -0.267. The van der Waals surface area contributed by atoms with E-state index in [1.165, 1.54) is 12.1 Å². The molecule has 0 fully saturated rings. The van der Waals surface area contributed by atoms with Gasteiger partial charge in [0, 0.05) is 13.5 Å². The Morgan fingerprint density at radius 1 is 1.40 bits per heavy atom. The van der Waals surface area contributed by atoms with Gasteiger partial charge in [0.15, 0.2) is 0 Å². The van der Waals surface area contributed by atoms with E-state index in [2.05, 4.69) is 10.5 Å². The van der Waals surface area contributed by atoms with E-state index in [0.717, 1.165) is 23.4 Å². The highest BCUT2D eigenvalue weighted by molar-refractivity contribution is 6.31. The van der Waals surface area contributed by atoms with Gasteiger partial charge >= 0.3 is 0 Å². The van der Waals surface area contributed by atoms with E-state index >= 15 is 0 Å². The summed E-state index contributed by atoms with van der Waals surface area (Å²) in [5, 5.41) is 5.06. The lowest BCUT2D eigenvalue weighted by Gasteiger charge is -2.16. The number of nitrogens with zero attached hydrogens (tertiary/aromatic N) is 2. The molecule has 1 atom stereocenters. The summed E-state index contributed by atoms with van der Waals surface area (Å²) in [5.74, 6) is 5.35. The molecule has 6 heteroatoms. The molecular formula is C14H18ClFN4. The van der Waals surface area contributed by atoms with Crippen LogP contribution in [-0.2, 0) is 19.9 Å². The number of hydrogen-bond donors (Lipinski definition) is 2. The van der Waals surface area contributed by atoms with Gasteiger partial charge in [0.25, 0.3) is 0 Å². The Labute approximate surface area is 122 Å². The zero-order valence-corrected chi connectivity index (χ0v) is 12.3. The second kappa shape index (κ2) is 6.35. The van der Waals surface area contributed by atoms with Gasteiger partial charge in [-0.15, -0.1) is 0 Å². The van der Waals surface area contributed by atoms with Gasteiger partial charge in [0.2, 0.25) is 0 Å². The number of aryl methyl sites for hydroxylation is 2. The molecule has 0 aliphatic carbocycles. The van der Waals surface area contributed by atoms with Crippen molar-refractivity contribution in [1.29, 1.82) is 0 Å². The van der Waals surface area contributed by atoms with E-state index in [4.69, 9.17) is 17.4 Å². The number of aromatic nitrogens is 2. The molecule has 4 nitrogen and oxygen atoms in total. The second-order valence-electron chi connectivity index (χ2n) is 4.66. The van der Waals surface area contributed by atoms with Crippen LogP contribution >= 0.6 is 11.6 Å². The van der Waals surface area contributed by atoms with Gasteiger partial charge in [-0.1, -0.05) is 30.7 Å². The molecule has 0 radical (unpaired) electrons. The van der Waals surface area contributed by atoms with Crippen molar-refractivity contribution in [3.8, 4) is 0 Å². The van der Waals surface area contributed by atoms with E-state index in [0.29, 0.717) is 11.4 Å². The molecule has 0 bridgehead atoms. The van der Waals surface area contributed by atoms with Gasteiger partial charge in [0.1, 0.15) is 5.82 Å². The van der Waals surface area contributed by atoms with E-state index in [-0.39, 0.29) is 11.9 Å². The highest BCUT2D eigenvalue weighted by Gasteiger charge is 2.18. The minimum Gasteiger partial charge on any atom is -0.271 e. The van der Waals surface area contributed by atoms with E-state index in [1.807, 2.05) is 14.0 Å². The number of benzene rings is 1. The summed E-state index contributed by atoms with van der Waals surface area (Å²) in [6.07, 6.45) is 1.37. The third-order valence-corrected chi connectivity index (χ3v) is 3.81. The smallest absolute Gasteiger partial charge is 0.123 e. The first-order chi connectivity index (χ1) is 9.56. The molecule has 0 saturated heterocycles. The molecule has 2 aromatic rings. The van der Waals surface area contributed by atoms with Crippen molar-refractivity contribution >= 4 is 11.6 Å². The lowest BCUT2D eigenvalue weighted by Crippen LogP contribution is -2.30. The molecule has 0 spiro atoms. The summed E-state index contributed by atoms with van der Waals surface area (Å²) in [6, 6.07) is 6.12. The first kappa shape index (κ1) is 15.0. The number of nitrogens with two attached hydrogens (primary N) is 1. The molecule has 1 heterocycles. The Morgan fingerprint density at radius 2 is 2.05 bits per heavy atom. The molecular weight excluding hydrogens is 279 g/mol. The summed E-state index contributed by atoms with van der Waals surface area (Å²) < 4.78 is 14.7. The summed E-state index contributed by atoms with van der Waals surface area (Å²) in [7, 11) is 1.86. The normalized spacial score (nSPS) is 12.7. The number of hydrazine groups is 1. The average Bonchev–Trinajstić information content (AvgIpc) is 2.72. The third kappa shape index (κ3) is 3.00. The Hall–Kier alpha value is -1.43. The van der Waals surface area contributed by atoms with Gasteiger partial charge < -0.3 is 0 Å². The molecule has 2 rings (SSSR count). The highest BCUT2D eigenvalue weighted by Crippen LogP contribution is 2.26. The Kier molecular flexibility index (Phi) is 4.75. The quantitative estimate of drug-likeness (QED) is 0.658. The molecule has 1 aromatic heterocycles. The van der Waals surface area contributed by atoms with Crippen LogP contribution in [-0.4, -0.2) is 9.78 Å². The lowest BCUT2D eigenvalue weighted by atomic mass is 10.0. The van der Waals surface area contributed by atoms with Crippen molar-refractivity contribution in [3.05, 3.63) is 52.1 Å². The predicted octanol–water partition coefficient (Wildman–Crippen LogP) is 2.52. The Bertz CT molecular complexity index is 580. The molecule has 0 saturated carbocycles. The monoisotopic (exact) mass is 296 g/mol. The zero-order valence-electron chi connectivity index (χ0n) is 11.5. The topological polar surface area (TPSA) is 55.9 Å². The van der Waals surface area contributed by atoms with Crippen LogP contribution in [0.25, 0.3) is 0 Å². The fourth-order valence-electron chi connectivity index (χ4n) is 2.20. The van der Waals surface area contributed by atoms with Crippen molar-refractivity contribution < 1.29 is 4.39 Å². The standard InChI is InChI=1S/C14H18ClFN4/c1-3-11-14(15)13(20(2)19-11)8-12(18-17)9-4-6-10(16)7-5-9/h4-7,12,18H,3,8,17H2,1-2H3. The summed E-state index contributed by atoms with van der Waals surface area (Å²) in [4.78, 5) is 0. The largest absolute Gasteiger partial charge is 0.271 e. The number of hydrogen-bond acceptors (Lipinski definition) is 3. The van der Waals surface area contributed by atoms with Gasteiger partial charge in [-0.2, -0.15) is 5.10 Å². The van der Waals surface area contributed by atoms with Gasteiger partial charge in [0.05, 0.1) is 22.5 Å². The zero-order chi connectivity index (χ0) is 14.7. The maximum absolute atomic E-state index is 13.0. The van der Waals surface area contributed by atoms with E-state index < -0.39 is 0 Å². The Morgan fingerprint density at radius 3 is 2.55 bits per heavy atom. The van der Waals surface area contributed by atoms with Gasteiger partial charge in [-0.05, 0) is 24.1 Å². The molecule has 0 aliphatic heterocycles. The van der Waals surface area contributed by atoms with Crippen molar-refractivity contribution in [3.63, 3.8) is 0 Å². The molecule has 1 unspecified atom stereocenters. The Balaban J connectivity index is 2.26. The van der Waals surface area contributed by atoms with Crippen molar-refractivity contribution in [1.82, 2.24) is 15.2 Å². The SMILES string of the molecule is CCc1nn(C)c(CC(NN)c2ccc(F)cc2)c1Cl. The minimum absolute atomic E-state index is 0.145. The first-order valence-corrected chi connectivity index (χ1v) is 6.86. The molecule has 0 amide bonds. The van der Waals surface area contributed by atoms with Crippen molar-refractivity contribution in [2.24, 2.45) is 12.9 Å². The maximum Gasteiger partial charge on any atom is 0.123 e. The lowest BCUT2D eigenvalue weighted by molar-refractivity contribution is 0.528. The second-order valence-corrected chi connectivity index (χ2v) is 5.04. The summed E-state index contributed by atoms with van der Waals surface area (Å²) in [6.45, 7) is 2.01. The molecule has 108 valence electrons. The summed E-state index contributed by atoms with van der Waals surface area (Å²) in [5.41, 5.74) is 5.44. The van der Waals surface area contributed by atoms with Crippen LogP contribution in [0.15, 0.2) is 24.3 Å². The molecule has 3 N–H and O–H groups in total. The van der Waals surface area contributed by atoms with Crippen LogP contribution < -0.4 is 11.3 Å². The maximum atomic E-state index is 13.0. The number of nitrogens with one attached hydrogen (secondary N) is 1. The predicted molar refractivity (Wildman–Crippen MR) is 77.8 cm³/mol. The average molecular weight is 297 g/mol. The summed E-state index contributed by atoms with van der Waals surface area (Å²) >= 11 is 6.33. The van der Waals surface area contributed by atoms with Crippen LogP contribution in [0.4, 0.5) is 4.39 Å². The van der Waals surface area contributed by atoms with E-state index in [1.54, 1.807) is 16.8 Å². The highest BCUT2D eigenvalue weighted by atomic mass is 35.5. The van der Waals surface area contributed by atoms with E-state index in [9.17, 15) is 4.39 Å². The fourth-order valence-corrected chi connectivity index (χ4v) is 2.57.